The number of sulfonamides is 1. The SMILES string of the molecule is COc1ccc(CC(=O)NNS(=O)(=O)c2ccccc2)cc1. The summed E-state index contributed by atoms with van der Waals surface area (Å²) >= 11 is 0. The number of hydrazine groups is 1. The summed E-state index contributed by atoms with van der Waals surface area (Å²) in [4.78, 5) is 13.9. The summed E-state index contributed by atoms with van der Waals surface area (Å²) in [7, 11) is -2.20. The molecule has 116 valence electrons. The van der Waals surface area contributed by atoms with E-state index in [0.717, 1.165) is 5.56 Å². The lowest BCUT2D eigenvalue weighted by atomic mass is 10.1. The van der Waals surface area contributed by atoms with Gasteiger partial charge in [0.05, 0.1) is 18.4 Å². The van der Waals surface area contributed by atoms with E-state index in [4.69, 9.17) is 4.74 Å². The lowest BCUT2D eigenvalue weighted by Crippen LogP contribution is -2.42. The Hall–Kier alpha value is -2.38. The molecule has 7 heteroatoms. The molecular formula is C15H16N2O4S. The molecule has 22 heavy (non-hydrogen) atoms. The Labute approximate surface area is 129 Å². The van der Waals surface area contributed by atoms with Gasteiger partial charge in [-0.15, -0.1) is 4.83 Å². The number of rotatable bonds is 6. The smallest absolute Gasteiger partial charge is 0.257 e. The standard InChI is InChI=1S/C15H16N2O4S/c1-21-13-9-7-12(8-10-13)11-15(18)16-17-22(19,20)14-5-3-2-4-6-14/h2-10,17H,11H2,1H3,(H,16,18). The van der Waals surface area contributed by atoms with Crippen LogP contribution in [-0.2, 0) is 21.2 Å². The first-order valence-corrected chi connectivity index (χ1v) is 7.98. The van der Waals surface area contributed by atoms with E-state index in [9.17, 15) is 13.2 Å². The minimum atomic E-state index is -3.76. The molecule has 2 aromatic carbocycles. The van der Waals surface area contributed by atoms with Crippen LogP contribution in [0.1, 0.15) is 5.56 Å². The van der Waals surface area contributed by atoms with Crippen LogP contribution < -0.4 is 15.0 Å². The molecule has 0 bridgehead atoms. The van der Waals surface area contributed by atoms with Crippen molar-refractivity contribution in [2.45, 2.75) is 11.3 Å². The zero-order valence-electron chi connectivity index (χ0n) is 11.9. The lowest BCUT2D eigenvalue weighted by molar-refractivity contribution is -0.120. The third-order valence-electron chi connectivity index (χ3n) is 2.90. The van der Waals surface area contributed by atoms with E-state index in [0.29, 0.717) is 5.75 Å². The molecular weight excluding hydrogens is 304 g/mol. The van der Waals surface area contributed by atoms with E-state index in [1.54, 1.807) is 49.6 Å². The Morgan fingerprint density at radius 2 is 1.68 bits per heavy atom. The Bertz CT molecular complexity index is 728. The van der Waals surface area contributed by atoms with Crippen LogP contribution in [0.2, 0.25) is 0 Å². The monoisotopic (exact) mass is 320 g/mol. The highest BCUT2D eigenvalue weighted by atomic mass is 32.2. The van der Waals surface area contributed by atoms with Gasteiger partial charge in [-0.2, -0.15) is 0 Å². The maximum atomic E-state index is 11.9. The summed E-state index contributed by atoms with van der Waals surface area (Å²) in [6.45, 7) is 0. The van der Waals surface area contributed by atoms with Gasteiger partial charge < -0.3 is 4.74 Å². The molecule has 2 rings (SSSR count). The molecule has 0 fully saturated rings. The van der Waals surface area contributed by atoms with E-state index in [2.05, 4.69) is 10.3 Å². The van der Waals surface area contributed by atoms with Gasteiger partial charge in [0.1, 0.15) is 5.75 Å². The normalized spacial score (nSPS) is 11.0. The molecule has 0 saturated carbocycles. The van der Waals surface area contributed by atoms with Crippen LogP contribution in [0.3, 0.4) is 0 Å². The number of amides is 1. The highest BCUT2D eigenvalue weighted by Gasteiger charge is 2.14. The minimum absolute atomic E-state index is 0.0568. The maximum Gasteiger partial charge on any atom is 0.257 e. The molecule has 0 heterocycles. The van der Waals surface area contributed by atoms with E-state index in [1.807, 2.05) is 0 Å². The number of benzene rings is 2. The molecule has 6 nitrogen and oxygen atoms in total. The molecule has 1 amide bonds. The molecule has 0 radical (unpaired) electrons. The fourth-order valence-electron chi connectivity index (χ4n) is 1.76. The van der Waals surface area contributed by atoms with Crippen LogP contribution in [0.15, 0.2) is 59.5 Å². The average Bonchev–Trinajstić information content (AvgIpc) is 2.55. The fourth-order valence-corrected chi connectivity index (χ4v) is 2.64. The molecule has 0 aromatic heterocycles. The van der Waals surface area contributed by atoms with Crippen LogP contribution in [-0.4, -0.2) is 21.4 Å². The maximum absolute atomic E-state index is 11.9. The molecule has 0 unspecified atom stereocenters. The van der Waals surface area contributed by atoms with Crippen molar-refractivity contribution in [3.8, 4) is 5.75 Å². The number of ether oxygens (including phenoxy) is 1. The molecule has 2 aromatic rings. The van der Waals surface area contributed by atoms with Crippen LogP contribution in [0.4, 0.5) is 0 Å². The van der Waals surface area contributed by atoms with Gasteiger partial charge in [0, 0.05) is 0 Å². The highest BCUT2D eigenvalue weighted by Crippen LogP contribution is 2.11. The first kappa shape index (κ1) is 16.0. The van der Waals surface area contributed by atoms with E-state index in [-0.39, 0.29) is 11.3 Å². The van der Waals surface area contributed by atoms with Crippen molar-refractivity contribution in [1.29, 1.82) is 0 Å². The number of carbonyl (C=O) groups excluding carboxylic acids is 1. The van der Waals surface area contributed by atoms with Crippen LogP contribution in [0.5, 0.6) is 5.75 Å². The molecule has 0 aliphatic rings. The van der Waals surface area contributed by atoms with Crippen LogP contribution in [0, 0.1) is 0 Å². The predicted octanol–water partition coefficient (Wildman–Crippen LogP) is 1.25. The third kappa shape index (κ3) is 4.31. The van der Waals surface area contributed by atoms with Crippen molar-refractivity contribution >= 4 is 15.9 Å². The van der Waals surface area contributed by atoms with Crippen LogP contribution in [0.25, 0.3) is 0 Å². The number of methoxy groups -OCH3 is 1. The van der Waals surface area contributed by atoms with Gasteiger partial charge in [0.25, 0.3) is 10.0 Å². The number of nitrogens with one attached hydrogen (secondary N) is 2. The summed E-state index contributed by atoms with van der Waals surface area (Å²) in [6, 6.07) is 14.8. The largest absolute Gasteiger partial charge is 0.497 e. The third-order valence-corrected chi connectivity index (χ3v) is 4.17. The summed E-state index contributed by atoms with van der Waals surface area (Å²) < 4.78 is 28.9. The zero-order chi connectivity index (χ0) is 16.0. The average molecular weight is 320 g/mol. The van der Waals surface area contributed by atoms with Gasteiger partial charge in [0.2, 0.25) is 5.91 Å². The van der Waals surface area contributed by atoms with Gasteiger partial charge in [-0.3, -0.25) is 10.2 Å². The van der Waals surface area contributed by atoms with Crippen LogP contribution >= 0.6 is 0 Å². The number of hydrogen-bond acceptors (Lipinski definition) is 4. The van der Waals surface area contributed by atoms with Gasteiger partial charge in [-0.25, -0.2) is 8.42 Å². The zero-order valence-corrected chi connectivity index (χ0v) is 12.8. The molecule has 0 aliphatic heterocycles. The number of carbonyl (C=O) groups is 1. The Kier molecular flexibility index (Phi) is 5.13. The van der Waals surface area contributed by atoms with E-state index < -0.39 is 15.9 Å². The summed E-state index contributed by atoms with van der Waals surface area (Å²) in [5.41, 5.74) is 2.94. The molecule has 0 atom stereocenters. The first-order valence-electron chi connectivity index (χ1n) is 6.50. The van der Waals surface area contributed by atoms with Crippen molar-refractivity contribution in [3.05, 3.63) is 60.2 Å². The highest BCUT2D eigenvalue weighted by molar-refractivity contribution is 7.89. The molecule has 0 spiro atoms. The summed E-state index contributed by atoms with van der Waals surface area (Å²) in [5, 5.41) is 0. The second-order valence-electron chi connectivity index (χ2n) is 4.49. The van der Waals surface area contributed by atoms with Gasteiger partial charge in [0.15, 0.2) is 0 Å². The quantitative estimate of drug-likeness (QED) is 0.785. The first-order chi connectivity index (χ1) is 10.5. The fraction of sp³-hybridized carbons (Fsp3) is 0.133. The van der Waals surface area contributed by atoms with Crippen molar-refractivity contribution in [2.24, 2.45) is 0 Å². The van der Waals surface area contributed by atoms with Crippen molar-refractivity contribution in [2.75, 3.05) is 7.11 Å². The van der Waals surface area contributed by atoms with Crippen molar-refractivity contribution in [3.63, 3.8) is 0 Å². The Morgan fingerprint density at radius 1 is 1.05 bits per heavy atom. The van der Waals surface area contributed by atoms with E-state index >= 15 is 0 Å². The second kappa shape index (κ2) is 7.06. The Morgan fingerprint density at radius 3 is 2.27 bits per heavy atom. The van der Waals surface area contributed by atoms with Crippen molar-refractivity contribution in [1.82, 2.24) is 10.3 Å². The van der Waals surface area contributed by atoms with E-state index in [1.165, 1.54) is 12.1 Å². The van der Waals surface area contributed by atoms with Crippen molar-refractivity contribution < 1.29 is 17.9 Å². The predicted molar refractivity (Wildman–Crippen MR) is 81.6 cm³/mol. The van der Waals surface area contributed by atoms with Gasteiger partial charge in [-0.1, -0.05) is 30.3 Å². The Balaban J connectivity index is 1.92. The second-order valence-corrected chi connectivity index (χ2v) is 6.17. The molecule has 0 aliphatic carbocycles. The molecule has 2 N–H and O–H groups in total. The minimum Gasteiger partial charge on any atom is -0.497 e. The van der Waals surface area contributed by atoms with Gasteiger partial charge >= 0.3 is 0 Å². The lowest BCUT2D eigenvalue weighted by Gasteiger charge is -2.08. The topological polar surface area (TPSA) is 84.5 Å². The summed E-state index contributed by atoms with van der Waals surface area (Å²) in [5.74, 6) is 0.235. The molecule has 0 saturated heterocycles. The summed E-state index contributed by atoms with van der Waals surface area (Å²) in [6.07, 6.45) is 0.0568. The number of hydrogen-bond donors (Lipinski definition) is 2. The van der Waals surface area contributed by atoms with Gasteiger partial charge in [-0.05, 0) is 29.8 Å².